The van der Waals surface area contributed by atoms with Crippen molar-refractivity contribution in [2.24, 2.45) is 0 Å². The second kappa shape index (κ2) is 8.24. The number of halogens is 1. The smallest absolute Gasteiger partial charge is 0.240 e. The molecule has 8 heteroatoms. The van der Waals surface area contributed by atoms with Gasteiger partial charge in [-0.05, 0) is 48.7 Å². The number of aromatic nitrogens is 3. The van der Waals surface area contributed by atoms with Crippen LogP contribution in [-0.4, -0.2) is 26.0 Å². The molecule has 0 unspecified atom stereocenters. The molecule has 2 aromatic carbocycles. The Balaban J connectivity index is 1.66. The second-order valence-corrected chi connectivity index (χ2v) is 8.15. The maximum absolute atomic E-state index is 13.5. The molecule has 150 valence electrons. The highest BCUT2D eigenvalue weighted by Crippen LogP contribution is 2.37. The van der Waals surface area contributed by atoms with Crippen LogP contribution < -0.4 is 10.7 Å². The van der Waals surface area contributed by atoms with Crippen molar-refractivity contribution in [2.45, 2.75) is 43.1 Å². The van der Waals surface area contributed by atoms with Crippen LogP contribution in [0.2, 0.25) is 0 Å². The molecule has 2 heterocycles. The number of rotatable bonds is 5. The highest BCUT2D eigenvalue weighted by molar-refractivity contribution is 8.00. The summed E-state index contributed by atoms with van der Waals surface area (Å²) in [4.78, 5) is 13.2. The van der Waals surface area contributed by atoms with Crippen LogP contribution >= 0.6 is 11.8 Å². The summed E-state index contributed by atoms with van der Waals surface area (Å²) < 4.78 is 15.3. The summed E-state index contributed by atoms with van der Waals surface area (Å²) in [6, 6.07) is 13.5. The number of hydrogen-bond donors (Lipinski definition) is 2. The molecule has 0 aliphatic carbocycles. The highest BCUT2D eigenvalue weighted by atomic mass is 32.2. The molecule has 1 aliphatic rings. The third-order valence-corrected chi connectivity index (χ3v) is 5.97. The molecule has 6 nitrogen and oxygen atoms in total. The third kappa shape index (κ3) is 4.12. The SMILES string of the molecule is CCCc1nnc2n1N[C@H](c1ccc(F)cc1)[C@H](C(=O)Nc1cccc(C)c1)S2. The van der Waals surface area contributed by atoms with Crippen LogP contribution in [0.15, 0.2) is 53.7 Å². The number of aryl methyl sites for hydroxylation is 2. The fourth-order valence-electron chi connectivity index (χ4n) is 3.34. The van der Waals surface area contributed by atoms with E-state index in [1.807, 2.05) is 35.9 Å². The number of carbonyl (C=O) groups is 1. The first-order chi connectivity index (χ1) is 14.0. The van der Waals surface area contributed by atoms with Crippen molar-refractivity contribution >= 4 is 23.4 Å². The van der Waals surface area contributed by atoms with Gasteiger partial charge in [0.05, 0.1) is 6.04 Å². The maximum Gasteiger partial charge on any atom is 0.240 e. The van der Waals surface area contributed by atoms with Gasteiger partial charge in [0.25, 0.3) is 0 Å². The molecular formula is C21H22FN5OS. The minimum atomic E-state index is -0.493. The molecule has 2 N–H and O–H groups in total. The van der Waals surface area contributed by atoms with E-state index >= 15 is 0 Å². The summed E-state index contributed by atoms with van der Waals surface area (Å²) in [5.74, 6) is 0.364. The Morgan fingerprint density at radius 3 is 2.76 bits per heavy atom. The molecule has 29 heavy (non-hydrogen) atoms. The average molecular weight is 412 g/mol. The average Bonchev–Trinajstić information content (AvgIpc) is 3.10. The first-order valence-corrected chi connectivity index (χ1v) is 10.4. The van der Waals surface area contributed by atoms with Crippen LogP contribution in [-0.2, 0) is 11.2 Å². The van der Waals surface area contributed by atoms with Crippen LogP contribution in [0, 0.1) is 12.7 Å². The van der Waals surface area contributed by atoms with E-state index in [0.717, 1.165) is 35.5 Å². The lowest BCUT2D eigenvalue weighted by molar-refractivity contribution is -0.116. The lowest BCUT2D eigenvalue weighted by Crippen LogP contribution is -2.41. The Hall–Kier alpha value is -2.87. The Kier molecular flexibility index (Phi) is 5.53. The first-order valence-electron chi connectivity index (χ1n) is 9.55. The van der Waals surface area contributed by atoms with E-state index in [0.29, 0.717) is 5.16 Å². The zero-order valence-electron chi connectivity index (χ0n) is 16.2. The number of fused-ring (bicyclic) bond motifs is 1. The summed E-state index contributed by atoms with van der Waals surface area (Å²) in [6.45, 7) is 4.05. The molecule has 0 spiro atoms. The van der Waals surface area contributed by atoms with Crippen LogP contribution in [0.3, 0.4) is 0 Å². The summed E-state index contributed by atoms with van der Waals surface area (Å²) in [6.07, 6.45) is 1.71. The van der Waals surface area contributed by atoms with Crippen molar-refractivity contribution in [3.8, 4) is 0 Å². The summed E-state index contributed by atoms with van der Waals surface area (Å²) in [5.41, 5.74) is 6.01. The van der Waals surface area contributed by atoms with Crippen LogP contribution in [0.4, 0.5) is 10.1 Å². The minimum Gasteiger partial charge on any atom is -0.325 e. The number of nitrogens with zero attached hydrogens (tertiary/aromatic N) is 3. The van der Waals surface area contributed by atoms with Crippen molar-refractivity contribution in [1.82, 2.24) is 14.9 Å². The van der Waals surface area contributed by atoms with Gasteiger partial charge < -0.3 is 10.7 Å². The van der Waals surface area contributed by atoms with Gasteiger partial charge in [0.1, 0.15) is 11.1 Å². The number of thioether (sulfide) groups is 1. The molecule has 1 aromatic heterocycles. The molecule has 0 saturated heterocycles. The van der Waals surface area contributed by atoms with Crippen molar-refractivity contribution in [1.29, 1.82) is 0 Å². The zero-order chi connectivity index (χ0) is 20.4. The number of hydrogen-bond acceptors (Lipinski definition) is 5. The van der Waals surface area contributed by atoms with Gasteiger partial charge in [-0.3, -0.25) is 4.79 Å². The van der Waals surface area contributed by atoms with Crippen molar-refractivity contribution in [3.63, 3.8) is 0 Å². The molecule has 1 amide bonds. The summed E-state index contributed by atoms with van der Waals surface area (Å²) in [7, 11) is 0. The minimum absolute atomic E-state index is 0.145. The summed E-state index contributed by atoms with van der Waals surface area (Å²) in [5, 5.41) is 11.7. The second-order valence-electron chi connectivity index (χ2n) is 7.04. The lowest BCUT2D eigenvalue weighted by Gasteiger charge is -2.33. The van der Waals surface area contributed by atoms with Gasteiger partial charge in [-0.15, -0.1) is 10.2 Å². The number of carbonyl (C=O) groups excluding carboxylic acids is 1. The molecular weight excluding hydrogens is 389 g/mol. The van der Waals surface area contributed by atoms with Gasteiger partial charge in [-0.25, -0.2) is 9.07 Å². The van der Waals surface area contributed by atoms with Crippen LogP contribution in [0.25, 0.3) is 0 Å². The van der Waals surface area contributed by atoms with Crippen LogP contribution in [0.5, 0.6) is 0 Å². The Morgan fingerprint density at radius 1 is 1.24 bits per heavy atom. The third-order valence-electron chi connectivity index (χ3n) is 4.75. The van der Waals surface area contributed by atoms with Crippen molar-refractivity contribution < 1.29 is 9.18 Å². The van der Waals surface area contributed by atoms with Crippen molar-refractivity contribution in [3.05, 3.63) is 71.3 Å². The molecule has 1 aliphatic heterocycles. The van der Waals surface area contributed by atoms with E-state index in [4.69, 9.17) is 0 Å². The Labute approximate surface area is 172 Å². The van der Waals surface area contributed by atoms with E-state index in [9.17, 15) is 9.18 Å². The van der Waals surface area contributed by atoms with E-state index < -0.39 is 5.25 Å². The fraction of sp³-hybridized carbons (Fsp3) is 0.286. The van der Waals surface area contributed by atoms with Crippen molar-refractivity contribution in [2.75, 3.05) is 10.7 Å². The molecule has 2 atom stereocenters. The Morgan fingerprint density at radius 2 is 2.03 bits per heavy atom. The van der Waals surface area contributed by atoms with Gasteiger partial charge in [-0.2, -0.15) is 0 Å². The predicted octanol–water partition coefficient (Wildman–Crippen LogP) is 4.08. The standard InChI is InChI=1S/C21H22FN5OS/c1-3-5-17-24-25-21-27(17)26-18(14-8-10-15(22)11-9-14)19(29-21)20(28)23-16-7-4-6-13(2)12-16/h4,6-12,18-19,26H,3,5H2,1-2H3,(H,23,28)/t18-,19-/m1/s1. The molecule has 0 bridgehead atoms. The van der Waals surface area contributed by atoms with Gasteiger partial charge in [0.2, 0.25) is 11.1 Å². The normalized spacial score (nSPS) is 18.0. The molecule has 0 radical (unpaired) electrons. The van der Waals surface area contributed by atoms with Gasteiger partial charge in [0.15, 0.2) is 5.82 Å². The lowest BCUT2D eigenvalue weighted by atomic mass is 10.0. The molecule has 3 aromatic rings. The monoisotopic (exact) mass is 411 g/mol. The fourth-order valence-corrected chi connectivity index (χ4v) is 4.44. The maximum atomic E-state index is 13.5. The predicted molar refractivity (Wildman–Crippen MR) is 112 cm³/mol. The quantitative estimate of drug-likeness (QED) is 0.662. The summed E-state index contributed by atoms with van der Waals surface area (Å²) >= 11 is 1.36. The molecule has 4 rings (SSSR count). The number of benzene rings is 2. The highest BCUT2D eigenvalue weighted by Gasteiger charge is 2.37. The first kappa shape index (κ1) is 19.4. The van der Waals surface area contributed by atoms with Gasteiger partial charge in [0, 0.05) is 12.1 Å². The number of anilines is 1. The largest absolute Gasteiger partial charge is 0.325 e. The topological polar surface area (TPSA) is 71.8 Å². The Bertz CT molecular complexity index is 1020. The van der Waals surface area contributed by atoms with E-state index in [2.05, 4.69) is 27.9 Å². The van der Waals surface area contributed by atoms with E-state index in [-0.39, 0.29) is 17.8 Å². The molecule has 0 fully saturated rings. The van der Waals surface area contributed by atoms with Gasteiger partial charge >= 0.3 is 0 Å². The van der Waals surface area contributed by atoms with E-state index in [1.165, 1.54) is 23.9 Å². The van der Waals surface area contributed by atoms with Gasteiger partial charge in [-0.1, -0.05) is 43.0 Å². The van der Waals surface area contributed by atoms with E-state index in [1.54, 1.807) is 12.1 Å². The molecule has 0 saturated carbocycles. The van der Waals surface area contributed by atoms with Crippen LogP contribution in [0.1, 0.15) is 36.3 Å². The number of nitrogens with one attached hydrogen (secondary N) is 2. The zero-order valence-corrected chi connectivity index (χ0v) is 17.0. The number of amides is 1.